The molecular formula is C16H14ClNO4. The molecule has 0 aliphatic rings. The van der Waals surface area contributed by atoms with Crippen LogP contribution in [0, 0.1) is 0 Å². The van der Waals surface area contributed by atoms with Crippen molar-refractivity contribution in [1.29, 1.82) is 0 Å². The number of ether oxygens (including phenoxy) is 2. The standard InChI is InChI=1S/C16H14ClNO4/c1-21-14-9-11(17)6-7-13(14)15(19)18-12-5-3-4-10(8-12)16(20)22-2/h3-9H,1-2H3,(H,18,19). The molecule has 0 saturated carbocycles. The molecule has 1 N–H and O–H groups in total. The van der Waals surface area contributed by atoms with E-state index in [1.54, 1.807) is 36.4 Å². The average molecular weight is 320 g/mol. The highest BCUT2D eigenvalue weighted by atomic mass is 35.5. The molecule has 114 valence electrons. The highest BCUT2D eigenvalue weighted by molar-refractivity contribution is 6.31. The van der Waals surface area contributed by atoms with Crippen LogP contribution in [-0.2, 0) is 4.74 Å². The summed E-state index contributed by atoms with van der Waals surface area (Å²) >= 11 is 5.87. The van der Waals surface area contributed by atoms with Crippen LogP contribution < -0.4 is 10.1 Å². The second-order valence-electron chi connectivity index (χ2n) is 4.37. The molecule has 0 fully saturated rings. The molecule has 2 aromatic rings. The Hall–Kier alpha value is -2.53. The smallest absolute Gasteiger partial charge is 0.337 e. The van der Waals surface area contributed by atoms with Gasteiger partial charge < -0.3 is 14.8 Å². The van der Waals surface area contributed by atoms with Crippen LogP contribution in [0.3, 0.4) is 0 Å². The van der Waals surface area contributed by atoms with Gasteiger partial charge in [-0.15, -0.1) is 0 Å². The van der Waals surface area contributed by atoms with Gasteiger partial charge in [-0.05, 0) is 36.4 Å². The maximum atomic E-state index is 12.3. The maximum absolute atomic E-state index is 12.3. The number of carbonyl (C=O) groups excluding carboxylic acids is 2. The van der Waals surface area contributed by atoms with Gasteiger partial charge in [-0.25, -0.2) is 4.79 Å². The van der Waals surface area contributed by atoms with Crippen molar-refractivity contribution < 1.29 is 19.1 Å². The molecule has 1 amide bonds. The number of amides is 1. The van der Waals surface area contributed by atoms with Crippen LogP contribution in [0.25, 0.3) is 0 Å². The van der Waals surface area contributed by atoms with Gasteiger partial charge in [-0.2, -0.15) is 0 Å². The number of methoxy groups -OCH3 is 2. The third-order valence-electron chi connectivity index (χ3n) is 2.95. The number of hydrogen-bond donors (Lipinski definition) is 1. The fourth-order valence-corrected chi connectivity index (χ4v) is 2.05. The van der Waals surface area contributed by atoms with Gasteiger partial charge in [0.1, 0.15) is 5.75 Å². The molecule has 0 atom stereocenters. The van der Waals surface area contributed by atoms with Crippen molar-refractivity contribution in [3.05, 3.63) is 58.6 Å². The predicted octanol–water partition coefficient (Wildman–Crippen LogP) is 3.39. The number of esters is 1. The Labute approximate surface area is 132 Å². The summed E-state index contributed by atoms with van der Waals surface area (Å²) in [5.41, 5.74) is 1.17. The molecule has 0 aliphatic heterocycles. The summed E-state index contributed by atoms with van der Waals surface area (Å²) in [6.07, 6.45) is 0. The first-order chi connectivity index (χ1) is 10.5. The summed E-state index contributed by atoms with van der Waals surface area (Å²) < 4.78 is 9.79. The number of halogens is 1. The summed E-state index contributed by atoms with van der Waals surface area (Å²) in [6.45, 7) is 0. The lowest BCUT2D eigenvalue weighted by Gasteiger charge is -2.10. The zero-order valence-electron chi connectivity index (χ0n) is 12.1. The molecule has 0 spiro atoms. The first-order valence-electron chi connectivity index (χ1n) is 6.38. The molecule has 0 aliphatic carbocycles. The van der Waals surface area contributed by atoms with E-state index in [1.807, 2.05) is 0 Å². The van der Waals surface area contributed by atoms with Crippen molar-refractivity contribution in [1.82, 2.24) is 0 Å². The van der Waals surface area contributed by atoms with Crippen LogP contribution in [0.4, 0.5) is 5.69 Å². The summed E-state index contributed by atoms with van der Waals surface area (Å²) in [5, 5.41) is 3.18. The van der Waals surface area contributed by atoms with Gasteiger partial charge in [-0.3, -0.25) is 4.79 Å². The van der Waals surface area contributed by atoms with E-state index in [0.29, 0.717) is 27.6 Å². The van der Waals surface area contributed by atoms with Gasteiger partial charge in [0.05, 0.1) is 25.3 Å². The summed E-state index contributed by atoms with van der Waals surface area (Å²) in [4.78, 5) is 23.8. The van der Waals surface area contributed by atoms with Crippen LogP contribution >= 0.6 is 11.6 Å². The van der Waals surface area contributed by atoms with Crippen molar-refractivity contribution in [2.24, 2.45) is 0 Å². The van der Waals surface area contributed by atoms with E-state index in [4.69, 9.17) is 16.3 Å². The Morgan fingerprint density at radius 1 is 1.09 bits per heavy atom. The third-order valence-corrected chi connectivity index (χ3v) is 3.18. The Balaban J connectivity index is 2.24. The minimum atomic E-state index is -0.472. The molecule has 6 heteroatoms. The minimum Gasteiger partial charge on any atom is -0.496 e. The number of anilines is 1. The Bertz CT molecular complexity index is 715. The van der Waals surface area contributed by atoms with Crippen molar-refractivity contribution in [2.75, 3.05) is 19.5 Å². The van der Waals surface area contributed by atoms with Crippen LogP contribution in [0.2, 0.25) is 5.02 Å². The number of rotatable bonds is 4. The summed E-state index contributed by atoms with van der Waals surface area (Å²) in [6, 6.07) is 11.2. The minimum absolute atomic E-state index is 0.343. The second-order valence-corrected chi connectivity index (χ2v) is 4.81. The van der Waals surface area contributed by atoms with Gasteiger partial charge in [0.15, 0.2) is 0 Å². The van der Waals surface area contributed by atoms with Gasteiger partial charge in [0.25, 0.3) is 5.91 Å². The maximum Gasteiger partial charge on any atom is 0.337 e. The average Bonchev–Trinajstić information content (AvgIpc) is 2.54. The number of hydrogen-bond acceptors (Lipinski definition) is 4. The van der Waals surface area contributed by atoms with E-state index in [2.05, 4.69) is 10.1 Å². The molecule has 0 unspecified atom stereocenters. The highest BCUT2D eigenvalue weighted by Gasteiger charge is 2.14. The zero-order valence-corrected chi connectivity index (χ0v) is 12.8. The molecule has 5 nitrogen and oxygen atoms in total. The highest BCUT2D eigenvalue weighted by Crippen LogP contribution is 2.24. The SMILES string of the molecule is COC(=O)c1cccc(NC(=O)c2ccc(Cl)cc2OC)c1. The van der Waals surface area contributed by atoms with E-state index in [-0.39, 0.29) is 5.91 Å². The van der Waals surface area contributed by atoms with Crippen molar-refractivity contribution >= 4 is 29.2 Å². The molecule has 0 radical (unpaired) electrons. The third kappa shape index (κ3) is 3.56. The molecule has 0 aromatic heterocycles. The molecule has 22 heavy (non-hydrogen) atoms. The topological polar surface area (TPSA) is 64.6 Å². The van der Waals surface area contributed by atoms with Gasteiger partial charge in [0, 0.05) is 10.7 Å². The van der Waals surface area contributed by atoms with E-state index in [9.17, 15) is 9.59 Å². The number of benzene rings is 2. The zero-order chi connectivity index (χ0) is 16.1. The Morgan fingerprint density at radius 2 is 1.86 bits per heavy atom. The monoisotopic (exact) mass is 319 g/mol. The fraction of sp³-hybridized carbons (Fsp3) is 0.125. The Morgan fingerprint density at radius 3 is 2.55 bits per heavy atom. The number of nitrogens with one attached hydrogen (secondary N) is 1. The molecular weight excluding hydrogens is 306 g/mol. The van der Waals surface area contributed by atoms with Gasteiger partial charge in [-0.1, -0.05) is 17.7 Å². The van der Waals surface area contributed by atoms with Crippen molar-refractivity contribution in [3.8, 4) is 5.75 Å². The van der Waals surface area contributed by atoms with E-state index in [0.717, 1.165) is 0 Å². The van der Waals surface area contributed by atoms with E-state index in [1.165, 1.54) is 20.3 Å². The Kier molecular flexibility index (Phi) is 5.01. The lowest BCUT2D eigenvalue weighted by atomic mass is 10.1. The molecule has 0 bridgehead atoms. The lowest BCUT2D eigenvalue weighted by molar-refractivity contribution is 0.0600. The summed E-state index contributed by atoms with van der Waals surface area (Å²) in [7, 11) is 2.76. The van der Waals surface area contributed by atoms with Gasteiger partial charge >= 0.3 is 5.97 Å². The lowest BCUT2D eigenvalue weighted by Crippen LogP contribution is -2.13. The molecule has 0 saturated heterocycles. The molecule has 2 rings (SSSR count). The second kappa shape index (κ2) is 6.95. The van der Waals surface area contributed by atoms with Crippen molar-refractivity contribution in [3.63, 3.8) is 0 Å². The fourth-order valence-electron chi connectivity index (χ4n) is 1.89. The van der Waals surface area contributed by atoms with Crippen LogP contribution in [0.1, 0.15) is 20.7 Å². The quantitative estimate of drug-likeness (QED) is 0.877. The van der Waals surface area contributed by atoms with E-state index >= 15 is 0 Å². The van der Waals surface area contributed by atoms with Gasteiger partial charge in [0.2, 0.25) is 0 Å². The van der Waals surface area contributed by atoms with E-state index < -0.39 is 5.97 Å². The van der Waals surface area contributed by atoms with Crippen LogP contribution in [0.15, 0.2) is 42.5 Å². The predicted molar refractivity (Wildman–Crippen MR) is 83.7 cm³/mol. The number of carbonyl (C=O) groups is 2. The first kappa shape index (κ1) is 15.9. The molecule has 2 aromatic carbocycles. The molecule has 0 heterocycles. The van der Waals surface area contributed by atoms with Crippen LogP contribution in [-0.4, -0.2) is 26.1 Å². The summed E-state index contributed by atoms with van der Waals surface area (Å²) in [5.74, 6) is -0.468. The normalized spacial score (nSPS) is 9.95. The first-order valence-corrected chi connectivity index (χ1v) is 6.76. The van der Waals surface area contributed by atoms with Crippen LogP contribution in [0.5, 0.6) is 5.75 Å². The van der Waals surface area contributed by atoms with Crippen molar-refractivity contribution in [2.45, 2.75) is 0 Å². The largest absolute Gasteiger partial charge is 0.496 e.